The molecule has 2 aromatic heterocycles. The van der Waals surface area contributed by atoms with Crippen LogP contribution in [0.1, 0.15) is 43.2 Å². The maximum absolute atomic E-state index is 13.2. The van der Waals surface area contributed by atoms with Crippen LogP contribution in [0.5, 0.6) is 0 Å². The van der Waals surface area contributed by atoms with E-state index in [4.69, 9.17) is 8.83 Å². The highest BCUT2D eigenvalue weighted by molar-refractivity contribution is 6.02. The second kappa shape index (κ2) is 8.38. The summed E-state index contributed by atoms with van der Waals surface area (Å²) in [5.41, 5.74) is 3.16. The van der Waals surface area contributed by atoms with Crippen LogP contribution in [0.2, 0.25) is 0 Å². The fourth-order valence-electron chi connectivity index (χ4n) is 6.02. The Balaban J connectivity index is 1.33. The summed E-state index contributed by atoms with van der Waals surface area (Å²) in [7, 11) is 0. The van der Waals surface area contributed by atoms with Gasteiger partial charge in [0.15, 0.2) is 0 Å². The smallest absolute Gasteiger partial charge is 0.340 e. The number of amides is 1. The minimum Gasteiger partial charge on any atom is -0.464 e. The molecule has 180 valence electrons. The third-order valence-electron chi connectivity index (χ3n) is 8.17. The minimum atomic E-state index is -0.640. The molecule has 0 spiro atoms. The van der Waals surface area contributed by atoms with Gasteiger partial charge in [0.05, 0.1) is 23.8 Å². The summed E-state index contributed by atoms with van der Waals surface area (Å²) in [5.74, 6) is 0.0376. The molecule has 1 amide bonds. The van der Waals surface area contributed by atoms with E-state index in [9.17, 15) is 14.7 Å². The van der Waals surface area contributed by atoms with E-state index in [1.807, 2.05) is 48.2 Å². The number of carbonyl (C=O) groups excluding carboxylic acids is 1. The number of furan rings is 1. The highest BCUT2D eigenvalue weighted by atomic mass is 16.4. The summed E-state index contributed by atoms with van der Waals surface area (Å²) < 4.78 is 11.4. The fraction of sp³-hybridized carbons (Fsp3) is 0.379. The van der Waals surface area contributed by atoms with Crippen LogP contribution < -0.4 is 5.63 Å². The van der Waals surface area contributed by atoms with E-state index >= 15 is 0 Å². The molecule has 1 aliphatic heterocycles. The zero-order valence-electron chi connectivity index (χ0n) is 19.9. The molecule has 0 bridgehead atoms. The molecule has 0 unspecified atom stereocenters. The molecule has 6 rings (SSSR count). The van der Waals surface area contributed by atoms with Gasteiger partial charge < -0.3 is 18.8 Å². The standard InChI is InChI=1S/C29H29NO5/c1-18-21-13-23-24(19-7-3-2-4-8-19)17-34-25(23)15-26(21)35-28(32)22(18)14-27(31)30-12-11-29(33)10-6-5-9-20(29)16-30/h2-4,7-8,13,15,17,20,33H,5-6,9-12,14,16H2,1H3/t20-,29-/m0/s1. The van der Waals surface area contributed by atoms with Crippen LogP contribution in [-0.2, 0) is 11.2 Å². The van der Waals surface area contributed by atoms with Crippen LogP contribution in [0.15, 0.2) is 62.4 Å². The van der Waals surface area contributed by atoms with Crippen molar-refractivity contribution in [3.05, 3.63) is 70.3 Å². The summed E-state index contributed by atoms with van der Waals surface area (Å²) in [6.45, 7) is 2.97. The fourth-order valence-corrected chi connectivity index (χ4v) is 6.02. The number of aliphatic hydroxyl groups is 1. The van der Waals surface area contributed by atoms with Gasteiger partial charge in [-0.25, -0.2) is 4.79 Å². The summed E-state index contributed by atoms with van der Waals surface area (Å²) in [5, 5.41) is 12.7. The summed E-state index contributed by atoms with van der Waals surface area (Å²) in [6, 6.07) is 13.7. The predicted octanol–water partition coefficient (Wildman–Crippen LogP) is 5.21. The monoisotopic (exact) mass is 471 g/mol. The molecule has 6 heteroatoms. The van der Waals surface area contributed by atoms with E-state index in [0.717, 1.165) is 53.1 Å². The SMILES string of the molecule is Cc1c(CC(=O)N2CC[C@@]3(O)CCCC[C@H]3C2)c(=O)oc2cc3occ(-c4ccccc4)c3cc12. The summed E-state index contributed by atoms with van der Waals surface area (Å²) in [4.78, 5) is 28.0. The number of piperidine rings is 1. The molecule has 1 N–H and O–H groups in total. The van der Waals surface area contributed by atoms with Crippen LogP contribution >= 0.6 is 0 Å². The number of rotatable bonds is 3. The first-order valence-corrected chi connectivity index (χ1v) is 12.5. The lowest BCUT2D eigenvalue weighted by atomic mass is 9.71. The molecular weight excluding hydrogens is 442 g/mol. The van der Waals surface area contributed by atoms with Crippen molar-refractivity contribution in [3.63, 3.8) is 0 Å². The number of hydrogen-bond acceptors (Lipinski definition) is 5. The Labute approximate surface area is 203 Å². The number of aryl methyl sites for hydroxylation is 1. The molecule has 1 saturated carbocycles. The van der Waals surface area contributed by atoms with Crippen molar-refractivity contribution >= 4 is 27.8 Å². The van der Waals surface area contributed by atoms with E-state index in [-0.39, 0.29) is 18.2 Å². The molecule has 1 aliphatic carbocycles. The zero-order chi connectivity index (χ0) is 24.2. The van der Waals surface area contributed by atoms with Crippen molar-refractivity contribution in [1.82, 2.24) is 4.90 Å². The Morgan fingerprint density at radius 3 is 2.77 bits per heavy atom. The first kappa shape index (κ1) is 22.1. The molecule has 2 fully saturated rings. The van der Waals surface area contributed by atoms with Gasteiger partial charge in [-0.05, 0) is 43.4 Å². The van der Waals surface area contributed by atoms with Crippen molar-refractivity contribution < 1.29 is 18.7 Å². The molecule has 4 aromatic rings. The van der Waals surface area contributed by atoms with Crippen molar-refractivity contribution in [2.45, 2.75) is 51.0 Å². The van der Waals surface area contributed by atoms with E-state index in [2.05, 4.69) is 0 Å². The van der Waals surface area contributed by atoms with Crippen molar-refractivity contribution in [3.8, 4) is 11.1 Å². The third-order valence-corrected chi connectivity index (χ3v) is 8.17. The highest BCUT2D eigenvalue weighted by Gasteiger charge is 2.43. The molecule has 6 nitrogen and oxygen atoms in total. The lowest BCUT2D eigenvalue weighted by molar-refractivity contribution is -0.142. The zero-order valence-corrected chi connectivity index (χ0v) is 19.9. The topological polar surface area (TPSA) is 83.9 Å². The number of benzene rings is 2. The van der Waals surface area contributed by atoms with Crippen LogP contribution in [0, 0.1) is 12.8 Å². The third kappa shape index (κ3) is 3.76. The summed E-state index contributed by atoms with van der Waals surface area (Å²) in [6.07, 6.45) is 6.24. The predicted molar refractivity (Wildman–Crippen MR) is 134 cm³/mol. The van der Waals surface area contributed by atoms with Gasteiger partial charge in [-0.2, -0.15) is 0 Å². The Bertz CT molecular complexity index is 1480. The Morgan fingerprint density at radius 1 is 1.11 bits per heavy atom. The van der Waals surface area contributed by atoms with Crippen LogP contribution in [0.25, 0.3) is 33.1 Å². The number of likely N-dealkylation sites (tertiary alicyclic amines) is 1. The second-order valence-corrected chi connectivity index (χ2v) is 10.2. The average Bonchev–Trinajstić information content (AvgIpc) is 3.28. The first-order chi connectivity index (χ1) is 16.9. The van der Waals surface area contributed by atoms with Gasteiger partial charge in [-0.3, -0.25) is 4.79 Å². The van der Waals surface area contributed by atoms with E-state index < -0.39 is 11.2 Å². The normalized spacial score (nSPS) is 22.5. The maximum atomic E-state index is 13.2. The Kier molecular flexibility index (Phi) is 5.29. The van der Waals surface area contributed by atoms with Gasteiger partial charge in [0.2, 0.25) is 5.91 Å². The number of carbonyl (C=O) groups is 1. The first-order valence-electron chi connectivity index (χ1n) is 12.5. The van der Waals surface area contributed by atoms with Crippen molar-refractivity contribution in [1.29, 1.82) is 0 Å². The average molecular weight is 472 g/mol. The van der Waals surface area contributed by atoms with Gasteiger partial charge in [-0.1, -0.05) is 43.2 Å². The van der Waals surface area contributed by atoms with Gasteiger partial charge in [0, 0.05) is 41.4 Å². The summed E-state index contributed by atoms with van der Waals surface area (Å²) >= 11 is 0. The molecule has 35 heavy (non-hydrogen) atoms. The lowest BCUT2D eigenvalue weighted by Crippen LogP contribution is -2.55. The molecule has 1 saturated heterocycles. The highest BCUT2D eigenvalue weighted by Crippen LogP contribution is 2.40. The number of nitrogens with zero attached hydrogens (tertiary/aromatic N) is 1. The van der Waals surface area contributed by atoms with Crippen molar-refractivity contribution in [2.24, 2.45) is 5.92 Å². The van der Waals surface area contributed by atoms with E-state index in [1.54, 1.807) is 12.3 Å². The molecular formula is C29H29NO5. The lowest BCUT2D eigenvalue weighted by Gasteiger charge is -2.47. The van der Waals surface area contributed by atoms with Crippen LogP contribution in [0.3, 0.4) is 0 Å². The van der Waals surface area contributed by atoms with Gasteiger partial charge in [-0.15, -0.1) is 0 Å². The molecule has 2 aromatic carbocycles. The van der Waals surface area contributed by atoms with Gasteiger partial charge in [0.25, 0.3) is 0 Å². The second-order valence-electron chi connectivity index (χ2n) is 10.2. The largest absolute Gasteiger partial charge is 0.464 e. The Morgan fingerprint density at radius 2 is 1.94 bits per heavy atom. The van der Waals surface area contributed by atoms with Crippen LogP contribution in [-0.4, -0.2) is 34.6 Å². The minimum absolute atomic E-state index is 0.00419. The number of hydrogen-bond donors (Lipinski definition) is 1. The molecule has 2 atom stereocenters. The van der Waals surface area contributed by atoms with Crippen molar-refractivity contribution in [2.75, 3.05) is 13.1 Å². The quantitative estimate of drug-likeness (QED) is 0.415. The van der Waals surface area contributed by atoms with Gasteiger partial charge >= 0.3 is 5.63 Å². The van der Waals surface area contributed by atoms with Gasteiger partial charge in [0.1, 0.15) is 11.2 Å². The van der Waals surface area contributed by atoms with E-state index in [1.165, 1.54) is 0 Å². The molecule has 2 aliphatic rings. The molecule has 3 heterocycles. The van der Waals surface area contributed by atoms with E-state index in [0.29, 0.717) is 36.2 Å². The Hall–Kier alpha value is -3.38. The maximum Gasteiger partial charge on any atom is 0.340 e. The molecule has 0 radical (unpaired) electrons. The number of fused-ring (bicyclic) bond motifs is 3. The van der Waals surface area contributed by atoms with Crippen LogP contribution in [0.4, 0.5) is 0 Å².